The standard InChI is InChI=1S/C29H41FN8O2/c1-17(2)26-20-13-19(7-8-22(20)36-37(26)6)25-21(30)14-33-27(35-25)34-24-16-31-23(15-32-24)18-9-11-38(12-10-18)28(39)40-29(3,4)5/h7-8,13-14,17-18,23-24,31-32H,9-12,15-16H2,1-6H3,(H,33,34,35). The minimum Gasteiger partial charge on any atom is -0.444 e. The van der Waals surface area contributed by atoms with Gasteiger partial charge in [-0.05, 0) is 57.6 Å². The third-order valence-corrected chi connectivity index (χ3v) is 7.68. The van der Waals surface area contributed by atoms with Crippen molar-refractivity contribution >= 4 is 22.9 Å². The molecule has 2 aliphatic rings. The number of nitrogens with one attached hydrogen (secondary N) is 3. The molecule has 3 aromatic rings. The number of carbonyl (C=O) groups is 1. The predicted molar refractivity (Wildman–Crippen MR) is 154 cm³/mol. The summed E-state index contributed by atoms with van der Waals surface area (Å²) < 4.78 is 22.3. The zero-order valence-electron chi connectivity index (χ0n) is 24.3. The Balaban J connectivity index is 1.19. The molecule has 216 valence electrons. The van der Waals surface area contributed by atoms with Crippen LogP contribution < -0.4 is 16.0 Å². The first-order valence-electron chi connectivity index (χ1n) is 14.2. The number of rotatable bonds is 5. The Kier molecular flexibility index (Phi) is 7.96. The quantitative estimate of drug-likeness (QED) is 0.431. The van der Waals surface area contributed by atoms with Crippen LogP contribution in [0.2, 0.25) is 0 Å². The molecule has 4 heterocycles. The molecule has 2 aliphatic heterocycles. The number of halogens is 1. The van der Waals surface area contributed by atoms with Gasteiger partial charge in [-0.3, -0.25) is 10.00 Å². The van der Waals surface area contributed by atoms with Crippen LogP contribution in [0.1, 0.15) is 59.1 Å². The van der Waals surface area contributed by atoms with Gasteiger partial charge in [-0.2, -0.15) is 5.10 Å². The summed E-state index contributed by atoms with van der Waals surface area (Å²) >= 11 is 0. The summed E-state index contributed by atoms with van der Waals surface area (Å²) in [6, 6.07) is 6.04. The Morgan fingerprint density at radius 3 is 2.58 bits per heavy atom. The van der Waals surface area contributed by atoms with Gasteiger partial charge in [0.25, 0.3) is 0 Å². The molecule has 10 nitrogen and oxygen atoms in total. The lowest BCUT2D eigenvalue weighted by Gasteiger charge is -2.40. The summed E-state index contributed by atoms with van der Waals surface area (Å²) in [4.78, 5) is 22.9. The molecule has 3 N–H and O–H groups in total. The van der Waals surface area contributed by atoms with Crippen LogP contribution in [-0.2, 0) is 11.8 Å². The maximum Gasteiger partial charge on any atom is 0.410 e. The largest absolute Gasteiger partial charge is 0.444 e. The van der Waals surface area contributed by atoms with E-state index in [1.807, 2.05) is 55.6 Å². The van der Waals surface area contributed by atoms with Gasteiger partial charge in [0, 0.05) is 55.9 Å². The molecule has 2 atom stereocenters. The fourth-order valence-corrected chi connectivity index (χ4v) is 5.77. The average Bonchev–Trinajstić information content (AvgIpc) is 3.24. The van der Waals surface area contributed by atoms with Crippen molar-refractivity contribution in [1.29, 1.82) is 0 Å². The molecular formula is C29H41FN8O2. The number of likely N-dealkylation sites (tertiary alicyclic amines) is 1. The van der Waals surface area contributed by atoms with Gasteiger partial charge in [-0.25, -0.2) is 19.2 Å². The second-order valence-corrected chi connectivity index (χ2v) is 12.2. The van der Waals surface area contributed by atoms with E-state index in [1.54, 1.807) is 0 Å². The first-order valence-corrected chi connectivity index (χ1v) is 14.2. The summed E-state index contributed by atoms with van der Waals surface area (Å²) in [5.41, 5.74) is 2.45. The molecule has 2 fully saturated rings. The number of benzene rings is 1. The van der Waals surface area contributed by atoms with E-state index in [9.17, 15) is 9.18 Å². The average molecular weight is 553 g/mol. The molecule has 5 rings (SSSR count). The van der Waals surface area contributed by atoms with Gasteiger partial charge in [0.05, 0.1) is 17.9 Å². The van der Waals surface area contributed by atoms with Crippen LogP contribution in [0.4, 0.5) is 15.1 Å². The number of anilines is 1. The van der Waals surface area contributed by atoms with E-state index in [4.69, 9.17) is 4.74 Å². The molecule has 0 aliphatic carbocycles. The number of hydrogen-bond acceptors (Lipinski definition) is 8. The van der Waals surface area contributed by atoms with Gasteiger partial charge >= 0.3 is 6.09 Å². The van der Waals surface area contributed by atoms with Crippen molar-refractivity contribution in [2.75, 3.05) is 31.5 Å². The summed E-state index contributed by atoms with van der Waals surface area (Å²) in [7, 11) is 1.94. The normalized spacial score (nSPS) is 20.8. The molecule has 0 radical (unpaired) electrons. The van der Waals surface area contributed by atoms with Crippen molar-refractivity contribution in [1.82, 2.24) is 35.3 Å². The van der Waals surface area contributed by atoms with Crippen molar-refractivity contribution in [2.45, 2.75) is 71.2 Å². The first-order chi connectivity index (χ1) is 19.0. The number of amides is 1. The lowest BCUT2D eigenvalue weighted by molar-refractivity contribution is 0.0165. The minimum absolute atomic E-state index is 0.0928. The molecular weight excluding hydrogens is 511 g/mol. The van der Waals surface area contributed by atoms with Gasteiger partial charge in [-0.15, -0.1) is 0 Å². The number of ether oxygens (including phenoxy) is 1. The van der Waals surface area contributed by atoms with Crippen molar-refractivity contribution in [3.63, 3.8) is 0 Å². The third kappa shape index (κ3) is 6.20. The number of piperidine rings is 1. The van der Waals surface area contributed by atoms with E-state index in [2.05, 4.69) is 44.9 Å². The molecule has 0 bridgehead atoms. The predicted octanol–water partition coefficient (Wildman–Crippen LogP) is 4.24. The van der Waals surface area contributed by atoms with Crippen molar-refractivity contribution in [3.05, 3.63) is 35.9 Å². The van der Waals surface area contributed by atoms with Crippen LogP contribution in [0.3, 0.4) is 0 Å². The van der Waals surface area contributed by atoms with Gasteiger partial charge in [-0.1, -0.05) is 19.9 Å². The fourth-order valence-electron chi connectivity index (χ4n) is 5.77. The maximum atomic E-state index is 14.9. The van der Waals surface area contributed by atoms with Crippen LogP contribution >= 0.6 is 0 Å². The Hall–Kier alpha value is -3.31. The number of hydrogen-bond donors (Lipinski definition) is 3. The maximum absolute atomic E-state index is 14.9. The summed E-state index contributed by atoms with van der Waals surface area (Å²) in [6.07, 6.45) is 2.76. The zero-order chi connectivity index (χ0) is 28.6. The number of fused-ring (bicyclic) bond motifs is 1. The second kappa shape index (κ2) is 11.3. The number of aryl methyl sites for hydroxylation is 1. The molecule has 0 saturated carbocycles. The Bertz CT molecular complexity index is 1350. The fraction of sp³-hybridized carbons (Fsp3) is 0.586. The van der Waals surface area contributed by atoms with E-state index < -0.39 is 11.4 Å². The van der Waals surface area contributed by atoms with Crippen LogP contribution in [0.15, 0.2) is 24.4 Å². The minimum atomic E-state index is -0.482. The van der Waals surface area contributed by atoms with Gasteiger partial charge in [0.15, 0.2) is 5.82 Å². The smallest absolute Gasteiger partial charge is 0.410 e. The van der Waals surface area contributed by atoms with E-state index in [-0.39, 0.29) is 23.9 Å². The third-order valence-electron chi connectivity index (χ3n) is 7.68. The highest BCUT2D eigenvalue weighted by atomic mass is 19.1. The molecule has 2 saturated heterocycles. The SMILES string of the molecule is CC(C)c1c2cc(-c3nc(NC4CNC(C5CCN(C(=O)OC(C)(C)C)CC5)CN4)ncc3F)ccc2nn1C. The lowest BCUT2D eigenvalue weighted by atomic mass is 9.88. The topological polar surface area (TPSA) is 109 Å². The molecule has 40 heavy (non-hydrogen) atoms. The van der Waals surface area contributed by atoms with E-state index >= 15 is 0 Å². The summed E-state index contributed by atoms with van der Waals surface area (Å²) in [6.45, 7) is 12.8. The van der Waals surface area contributed by atoms with Gasteiger partial charge in [0.2, 0.25) is 5.95 Å². The number of piperazine rings is 1. The Labute approximate surface area is 235 Å². The van der Waals surface area contributed by atoms with Crippen molar-refractivity contribution in [2.24, 2.45) is 13.0 Å². The molecule has 1 amide bonds. The molecule has 2 unspecified atom stereocenters. The number of carbonyl (C=O) groups excluding carboxylic acids is 1. The highest BCUT2D eigenvalue weighted by Gasteiger charge is 2.32. The van der Waals surface area contributed by atoms with Crippen LogP contribution in [0, 0.1) is 11.7 Å². The van der Waals surface area contributed by atoms with Gasteiger partial charge in [0.1, 0.15) is 11.3 Å². The molecule has 1 aromatic carbocycles. The molecule has 11 heteroatoms. The molecule has 0 spiro atoms. The highest BCUT2D eigenvalue weighted by molar-refractivity contribution is 5.86. The zero-order valence-corrected chi connectivity index (χ0v) is 24.3. The number of aromatic nitrogens is 4. The van der Waals surface area contributed by atoms with E-state index in [0.29, 0.717) is 43.1 Å². The Morgan fingerprint density at radius 2 is 1.93 bits per heavy atom. The van der Waals surface area contributed by atoms with Crippen LogP contribution in [0.25, 0.3) is 22.2 Å². The second-order valence-electron chi connectivity index (χ2n) is 12.2. The monoisotopic (exact) mass is 552 g/mol. The number of nitrogens with zero attached hydrogens (tertiary/aromatic N) is 5. The Morgan fingerprint density at radius 1 is 1.18 bits per heavy atom. The van der Waals surface area contributed by atoms with Crippen LogP contribution in [0.5, 0.6) is 0 Å². The van der Waals surface area contributed by atoms with Crippen molar-refractivity contribution < 1.29 is 13.9 Å². The highest BCUT2D eigenvalue weighted by Crippen LogP contribution is 2.30. The summed E-state index contributed by atoms with van der Waals surface area (Å²) in [5, 5.41) is 16.1. The molecule has 2 aromatic heterocycles. The van der Waals surface area contributed by atoms with E-state index in [1.165, 1.54) is 6.20 Å². The van der Waals surface area contributed by atoms with Gasteiger partial charge < -0.3 is 20.3 Å². The summed E-state index contributed by atoms with van der Waals surface area (Å²) in [5.74, 6) is 0.658. The lowest BCUT2D eigenvalue weighted by Crippen LogP contribution is -2.60. The van der Waals surface area contributed by atoms with Crippen LogP contribution in [-0.4, -0.2) is 74.7 Å². The first kappa shape index (κ1) is 28.2. The van der Waals surface area contributed by atoms with Crippen molar-refractivity contribution in [3.8, 4) is 11.3 Å². The van der Waals surface area contributed by atoms with E-state index in [0.717, 1.165) is 36.0 Å².